The summed E-state index contributed by atoms with van der Waals surface area (Å²) in [5, 5.41) is 19.0. The third kappa shape index (κ3) is 1.88. The molecule has 5 nitrogen and oxygen atoms in total. The monoisotopic (exact) mass is 213 g/mol. The third-order valence-corrected chi connectivity index (χ3v) is 1.84. The van der Waals surface area contributed by atoms with Crippen molar-refractivity contribution in [2.24, 2.45) is 0 Å². The van der Waals surface area contributed by atoms with Gasteiger partial charge in [0, 0.05) is 0 Å². The van der Waals surface area contributed by atoms with E-state index in [0.717, 1.165) is 0 Å². The zero-order chi connectivity index (χ0) is 11.6. The Kier molecular flexibility index (Phi) is 2.90. The zero-order valence-corrected chi connectivity index (χ0v) is 7.57. The van der Waals surface area contributed by atoms with Gasteiger partial charge in [-0.2, -0.15) is 5.26 Å². The van der Waals surface area contributed by atoms with E-state index < -0.39 is 22.7 Å². The van der Waals surface area contributed by atoms with Crippen LogP contribution in [0, 0.1) is 28.4 Å². The fraction of sp³-hybridized carbons (Fsp3) is 0.250. The Morgan fingerprint density at radius 2 is 2.27 bits per heavy atom. The van der Waals surface area contributed by atoms with Crippen molar-refractivity contribution < 1.29 is 13.7 Å². The molecular weight excluding hydrogens is 208 g/mol. The molecule has 1 rings (SSSR count). The van der Waals surface area contributed by atoms with Gasteiger partial charge < -0.3 is 10.1 Å². The lowest BCUT2D eigenvalue weighted by Gasteiger charge is -2.03. The lowest BCUT2D eigenvalue weighted by Crippen LogP contribution is -2.02. The number of aromatic nitrogens is 1. The number of alkyl halides is 2. The minimum absolute atomic E-state index is 0.139. The van der Waals surface area contributed by atoms with E-state index in [0.29, 0.717) is 6.20 Å². The van der Waals surface area contributed by atoms with Gasteiger partial charge in [0.05, 0.1) is 16.7 Å². The highest BCUT2D eigenvalue weighted by Gasteiger charge is 2.23. The van der Waals surface area contributed by atoms with Gasteiger partial charge in [-0.25, -0.2) is 8.78 Å². The van der Waals surface area contributed by atoms with Crippen LogP contribution in [-0.4, -0.2) is 9.91 Å². The molecule has 78 valence electrons. The van der Waals surface area contributed by atoms with Gasteiger partial charge in [-0.15, -0.1) is 0 Å². The fourth-order valence-electron chi connectivity index (χ4n) is 1.12. The minimum atomic E-state index is -2.87. The SMILES string of the molecule is Cc1c([N+](=O)[O-])ncc(C(F)F)c1C#N. The smallest absolute Gasteiger partial charge is 0.358 e. The van der Waals surface area contributed by atoms with E-state index in [9.17, 15) is 18.9 Å². The minimum Gasteiger partial charge on any atom is -0.358 e. The van der Waals surface area contributed by atoms with Crippen LogP contribution in [0.3, 0.4) is 0 Å². The van der Waals surface area contributed by atoms with E-state index in [1.165, 1.54) is 13.0 Å². The molecule has 15 heavy (non-hydrogen) atoms. The molecule has 0 aliphatic rings. The average molecular weight is 213 g/mol. The zero-order valence-electron chi connectivity index (χ0n) is 7.57. The lowest BCUT2D eigenvalue weighted by atomic mass is 10.1. The summed E-state index contributed by atoms with van der Waals surface area (Å²) in [4.78, 5) is 12.9. The molecule has 1 aromatic rings. The number of halogens is 2. The van der Waals surface area contributed by atoms with Crippen molar-refractivity contribution in [3.63, 3.8) is 0 Å². The summed E-state index contributed by atoms with van der Waals surface area (Å²) < 4.78 is 24.7. The largest absolute Gasteiger partial charge is 0.367 e. The number of nitro groups is 1. The Labute approximate surface area is 83.1 Å². The van der Waals surface area contributed by atoms with E-state index in [1.807, 2.05) is 0 Å². The van der Waals surface area contributed by atoms with Gasteiger partial charge in [-0.05, 0) is 16.8 Å². The molecule has 0 saturated carbocycles. The molecule has 0 saturated heterocycles. The quantitative estimate of drug-likeness (QED) is 0.556. The Morgan fingerprint density at radius 3 is 2.67 bits per heavy atom. The maximum Gasteiger partial charge on any atom is 0.367 e. The number of nitrogens with zero attached hydrogens (tertiary/aromatic N) is 3. The van der Waals surface area contributed by atoms with Crippen molar-refractivity contribution in [2.75, 3.05) is 0 Å². The summed E-state index contributed by atoms with van der Waals surface area (Å²) >= 11 is 0. The van der Waals surface area contributed by atoms with Crippen molar-refractivity contribution in [3.8, 4) is 6.07 Å². The first-order valence-corrected chi connectivity index (χ1v) is 3.81. The lowest BCUT2D eigenvalue weighted by molar-refractivity contribution is -0.390. The van der Waals surface area contributed by atoms with Crippen LogP contribution >= 0.6 is 0 Å². The number of rotatable bonds is 2. The van der Waals surface area contributed by atoms with E-state index in [4.69, 9.17) is 5.26 Å². The molecular formula is C8H5F2N3O2. The van der Waals surface area contributed by atoms with Gasteiger partial charge in [-0.1, -0.05) is 0 Å². The first-order valence-electron chi connectivity index (χ1n) is 3.81. The van der Waals surface area contributed by atoms with Crippen molar-refractivity contribution in [1.82, 2.24) is 4.98 Å². The first-order chi connectivity index (χ1) is 6.99. The molecule has 0 radical (unpaired) electrons. The first kappa shape index (κ1) is 11.0. The number of nitriles is 1. The molecule has 0 N–H and O–H groups in total. The average Bonchev–Trinajstić information content (AvgIpc) is 2.16. The highest BCUT2D eigenvalue weighted by molar-refractivity contribution is 5.50. The third-order valence-electron chi connectivity index (χ3n) is 1.84. The highest BCUT2D eigenvalue weighted by Crippen LogP contribution is 2.27. The molecule has 0 amide bonds. The topological polar surface area (TPSA) is 79.8 Å². The molecule has 0 aliphatic carbocycles. The van der Waals surface area contributed by atoms with E-state index in [-0.39, 0.29) is 11.1 Å². The standard InChI is InChI=1S/C8H5F2N3O2/c1-4-5(2-11)6(7(9)10)3-12-8(4)13(14)15/h3,7H,1H3. The Morgan fingerprint density at radius 1 is 1.67 bits per heavy atom. The summed E-state index contributed by atoms with van der Waals surface area (Å²) in [5.41, 5.74) is -1.10. The molecule has 0 unspecified atom stereocenters. The Balaban J connectivity index is 3.48. The van der Waals surface area contributed by atoms with Crippen molar-refractivity contribution in [3.05, 3.63) is 33.0 Å². The molecule has 0 fully saturated rings. The van der Waals surface area contributed by atoms with Crippen LogP contribution < -0.4 is 0 Å². The molecule has 0 atom stereocenters. The van der Waals surface area contributed by atoms with Crippen LogP contribution in [0.1, 0.15) is 23.1 Å². The van der Waals surface area contributed by atoms with Crippen LogP contribution in [0.15, 0.2) is 6.20 Å². The van der Waals surface area contributed by atoms with Gasteiger partial charge in [0.2, 0.25) is 0 Å². The maximum atomic E-state index is 12.4. The normalized spacial score (nSPS) is 10.1. The predicted octanol–water partition coefficient (Wildman–Crippen LogP) is 2.11. The van der Waals surface area contributed by atoms with Gasteiger partial charge in [0.15, 0.2) is 6.20 Å². The summed E-state index contributed by atoms with van der Waals surface area (Å²) in [5.74, 6) is -0.573. The van der Waals surface area contributed by atoms with Gasteiger partial charge >= 0.3 is 5.82 Å². The summed E-state index contributed by atoms with van der Waals surface area (Å²) in [7, 11) is 0. The number of hydrogen-bond donors (Lipinski definition) is 0. The maximum absolute atomic E-state index is 12.4. The molecule has 0 spiro atoms. The second kappa shape index (κ2) is 3.96. The fourth-order valence-corrected chi connectivity index (χ4v) is 1.12. The molecule has 7 heteroatoms. The summed E-state index contributed by atoms with van der Waals surface area (Å²) in [6, 6.07) is 1.52. The van der Waals surface area contributed by atoms with Gasteiger partial charge in [0.1, 0.15) is 6.07 Å². The highest BCUT2D eigenvalue weighted by atomic mass is 19.3. The molecule has 1 aromatic heterocycles. The Bertz CT molecular complexity index is 454. The number of hydrogen-bond acceptors (Lipinski definition) is 4. The molecule has 0 aliphatic heterocycles. The summed E-state index contributed by atoms with van der Waals surface area (Å²) in [6.07, 6.45) is -2.21. The van der Waals surface area contributed by atoms with E-state index >= 15 is 0 Å². The van der Waals surface area contributed by atoms with Crippen molar-refractivity contribution in [2.45, 2.75) is 13.3 Å². The molecule has 0 aromatic carbocycles. The van der Waals surface area contributed by atoms with Crippen LogP contribution in [0.4, 0.5) is 14.6 Å². The predicted molar refractivity (Wildman–Crippen MR) is 45.3 cm³/mol. The molecule has 0 bridgehead atoms. The van der Waals surface area contributed by atoms with Gasteiger partial charge in [0.25, 0.3) is 6.43 Å². The Hall–Kier alpha value is -2.10. The van der Waals surface area contributed by atoms with Crippen LogP contribution in [0.2, 0.25) is 0 Å². The number of pyridine rings is 1. The van der Waals surface area contributed by atoms with Crippen LogP contribution in [0.5, 0.6) is 0 Å². The second-order valence-corrected chi connectivity index (χ2v) is 2.71. The van der Waals surface area contributed by atoms with Crippen molar-refractivity contribution in [1.29, 1.82) is 5.26 Å². The van der Waals surface area contributed by atoms with Crippen LogP contribution in [-0.2, 0) is 0 Å². The van der Waals surface area contributed by atoms with E-state index in [1.54, 1.807) is 0 Å². The molecule has 1 heterocycles. The second-order valence-electron chi connectivity index (χ2n) is 2.71. The van der Waals surface area contributed by atoms with Crippen LogP contribution in [0.25, 0.3) is 0 Å². The van der Waals surface area contributed by atoms with Gasteiger partial charge in [-0.3, -0.25) is 0 Å². The van der Waals surface area contributed by atoms with Crippen molar-refractivity contribution >= 4 is 5.82 Å². The summed E-state index contributed by atoms with van der Waals surface area (Å²) in [6.45, 7) is 1.22. The van der Waals surface area contributed by atoms with E-state index in [2.05, 4.69) is 4.98 Å².